The number of carbonyl (C=O) groups is 1. The molecular weight excluding hydrogens is 428 g/mol. The van der Waals surface area contributed by atoms with E-state index in [1.165, 1.54) is 0 Å². The van der Waals surface area contributed by atoms with Crippen molar-refractivity contribution in [3.8, 4) is 28.4 Å². The van der Waals surface area contributed by atoms with Gasteiger partial charge in [-0.15, -0.1) is 0 Å². The third-order valence-electron chi connectivity index (χ3n) is 6.33. The van der Waals surface area contributed by atoms with Crippen molar-refractivity contribution in [3.05, 3.63) is 60.4 Å². The third kappa shape index (κ3) is 4.36. The molecule has 1 saturated carbocycles. The molecular formula is C26H26N6O2. The number of hydrogen-bond acceptors (Lipinski definition) is 6. The first-order valence-electron chi connectivity index (χ1n) is 11.8. The average molecular weight is 455 g/mol. The summed E-state index contributed by atoms with van der Waals surface area (Å²) in [5, 5.41) is 15.0. The predicted molar refractivity (Wildman–Crippen MR) is 130 cm³/mol. The number of piperidine rings is 1. The third-order valence-corrected chi connectivity index (χ3v) is 6.33. The van der Waals surface area contributed by atoms with E-state index in [1.807, 2.05) is 36.4 Å². The molecule has 6 rings (SSSR count). The van der Waals surface area contributed by atoms with E-state index in [2.05, 4.69) is 36.9 Å². The number of aromatic nitrogens is 4. The summed E-state index contributed by atoms with van der Waals surface area (Å²) >= 11 is 0. The summed E-state index contributed by atoms with van der Waals surface area (Å²) in [5.41, 5.74) is 4.94. The molecule has 1 unspecified atom stereocenters. The smallest absolute Gasteiger partial charge is 0.251 e. The minimum Gasteiger partial charge on any atom is -0.472 e. The van der Waals surface area contributed by atoms with Crippen molar-refractivity contribution in [3.63, 3.8) is 0 Å². The molecule has 0 spiro atoms. The SMILES string of the molecule is O=C(NC1CC1)c1cccc(-c2ccc3[nH]nc(-c4cncc(OC5CCCNC5)n4)c3c2)c1. The van der Waals surface area contributed by atoms with E-state index >= 15 is 0 Å². The Hall–Kier alpha value is -3.78. The Kier molecular flexibility index (Phi) is 5.43. The van der Waals surface area contributed by atoms with Crippen molar-refractivity contribution < 1.29 is 9.53 Å². The second-order valence-electron chi connectivity index (χ2n) is 8.99. The quantitative estimate of drug-likeness (QED) is 0.410. The number of carbonyl (C=O) groups excluding carboxylic acids is 1. The topological polar surface area (TPSA) is 105 Å². The Labute approximate surface area is 197 Å². The molecule has 3 N–H and O–H groups in total. The Morgan fingerprint density at radius 1 is 1.06 bits per heavy atom. The zero-order valence-electron chi connectivity index (χ0n) is 18.8. The lowest BCUT2D eigenvalue weighted by atomic mass is 10.0. The molecule has 1 atom stereocenters. The lowest BCUT2D eigenvalue weighted by molar-refractivity contribution is 0.0951. The summed E-state index contributed by atoms with van der Waals surface area (Å²) in [5.74, 6) is 0.488. The number of aromatic amines is 1. The van der Waals surface area contributed by atoms with Crippen LogP contribution in [-0.2, 0) is 0 Å². The maximum absolute atomic E-state index is 12.5. The van der Waals surface area contributed by atoms with Gasteiger partial charge in [-0.05, 0) is 67.6 Å². The minimum atomic E-state index is -0.0188. The maximum atomic E-state index is 12.5. The molecule has 1 aliphatic heterocycles. The van der Waals surface area contributed by atoms with Crippen LogP contribution in [-0.4, -0.2) is 51.3 Å². The number of rotatable bonds is 6. The van der Waals surface area contributed by atoms with E-state index in [-0.39, 0.29) is 12.0 Å². The fraction of sp³-hybridized carbons (Fsp3) is 0.308. The van der Waals surface area contributed by atoms with Crippen LogP contribution in [0.5, 0.6) is 5.88 Å². The summed E-state index contributed by atoms with van der Waals surface area (Å²) in [6.07, 6.45) is 7.69. The highest BCUT2D eigenvalue weighted by Crippen LogP contribution is 2.31. The number of nitrogens with one attached hydrogen (secondary N) is 3. The van der Waals surface area contributed by atoms with Gasteiger partial charge in [0.25, 0.3) is 5.91 Å². The number of nitrogens with zero attached hydrogens (tertiary/aromatic N) is 3. The van der Waals surface area contributed by atoms with Crippen LogP contribution in [0, 0.1) is 0 Å². The molecule has 172 valence electrons. The van der Waals surface area contributed by atoms with Gasteiger partial charge < -0.3 is 15.4 Å². The molecule has 2 aromatic heterocycles. The molecule has 8 heteroatoms. The van der Waals surface area contributed by atoms with Crippen molar-refractivity contribution >= 4 is 16.8 Å². The van der Waals surface area contributed by atoms with Crippen LogP contribution in [0.4, 0.5) is 0 Å². The van der Waals surface area contributed by atoms with Gasteiger partial charge in [0.2, 0.25) is 5.88 Å². The second-order valence-corrected chi connectivity index (χ2v) is 8.99. The Bertz CT molecular complexity index is 1340. The molecule has 1 amide bonds. The molecule has 0 radical (unpaired) electrons. The van der Waals surface area contributed by atoms with E-state index in [4.69, 9.17) is 4.74 Å². The Morgan fingerprint density at radius 2 is 1.97 bits per heavy atom. The van der Waals surface area contributed by atoms with E-state index in [0.29, 0.717) is 23.2 Å². The average Bonchev–Trinajstić information content (AvgIpc) is 3.59. The van der Waals surface area contributed by atoms with Crippen molar-refractivity contribution in [2.45, 2.75) is 37.8 Å². The van der Waals surface area contributed by atoms with Gasteiger partial charge in [0, 0.05) is 23.5 Å². The van der Waals surface area contributed by atoms with Gasteiger partial charge in [-0.25, -0.2) is 4.98 Å². The van der Waals surface area contributed by atoms with Gasteiger partial charge in [-0.1, -0.05) is 18.2 Å². The van der Waals surface area contributed by atoms with E-state index < -0.39 is 0 Å². The number of benzene rings is 2. The van der Waals surface area contributed by atoms with Crippen LogP contribution in [0.3, 0.4) is 0 Å². The highest BCUT2D eigenvalue weighted by Gasteiger charge is 2.24. The fourth-order valence-corrected chi connectivity index (χ4v) is 4.34. The zero-order valence-corrected chi connectivity index (χ0v) is 18.8. The molecule has 3 heterocycles. The molecule has 34 heavy (non-hydrogen) atoms. The number of amides is 1. The Balaban J connectivity index is 1.30. The van der Waals surface area contributed by atoms with Crippen molar-refractivity contribution in [2.24, 2.45) is 0 Å². The fourth-order valence-electron chi connectivity index (χ4n) is 4.34. The first kappa shape index (κ1) is 20.8. The van der Waals surface area contributed by atoms with Crippen molar-refractivity contribution in [2.75, 3.05) is 13.1 Å². The predicted octanol–water partition coefficient (Wildman–Crippen LogP) is 3.71. The van der Waals surface area contributed by atoms with E-state index in [1.54, 1.807) is 12.4 Å². The van der Waals surface area contributed by atoms with Gasteiger partial charge in [-0.2, -0.15) is 5.10 Å². The van der Waals surface area contributed by atoms with Crippen molar-refractivity contribution in [1.82, 2.24) is 30.8 Å². The molecule has 1 aliphatic carbocycles. The minimum absolute atomic E-state index is 0.0188. The largest absolute Gasteiger partial charge is 0.472 e. The first-order valence-corrected chi connectivity index (χ1v) is 11.8. The number of hydrogen-bond donors (Lipinski definition) is 3. The highest BCUT2D eigenvalue weighted by atomic mass is 16.5. The van der Waals surface area contributed by atoms with Crippen LogP contribution in [0.25, 0.3) is 33.4 Å². The number of ether oxygens (including phenoxy) is 1. The standard InChI is InChI=1S/C26H26N6O2/c33-26(29-19-7-8-19)18-4-1-3-16(11-18)17-6-9-22-21(12-17)25(32-31-22)23-14-28-15-24(30-23)34-20-5-2-10-27-13-20/h1,3-4,6,9,11-12,14-15,19-20,27H,2,5,7-8,10,13H2,(H,29,33)(H,31,32). The van der Waals surface area contributed by atoms with Gasteiger partial charge in [0.1, 0.15) is 17.5 Å². The van der Waals surface area contributed by atoms with Gasteiger partial charge in [0.15, 0.2) is 0 Å². The molecule has 0 bridgehead atoms. The lowest BCUT2D eigenvalue weighted by Gasteiger charge is -2.23. The first-order chi connectivity index (χ1) is 16.7. The van der Waals surface area contributed by atoms with Gasteiger partial charge in [-0.3, -0.25) is 14.9 Å². The molecule has 2 aromatic carbocycles. The molecule has 1 saturated heterocycles. The summed E-state index contributed by atoms with van der Waals surface area (Å²) in [6, 6.07) is 14.2. The Morgan fingerprint density at radius 3 is 2.82 bits per heavy atom. The van der Waals surface area contributed by atoms with Crippen molar-refractivity contribution in [1.29, 1.82) is 0 Å². The second kappa shape index (κ2) is 8.87. The summed E-state index contributed by atoms with van der Waals surface area (Å²) in [4.78, 5) is 21.5. The van der Waals surface area contributed by atoms with Crippen LogP contribution >= 0.6 is 0 Å². The molecule has 2 fully saturated rings. The van der Waals surface area contributed by atoms with Crippen LogP contribution in [0.2, 0.25) is 0 Å². The van der Waals surface area contributed by atoms with E-state index in [0.717, 1.165) is 66.5 Å². The summed E-state index contributed by atoms with van der Waals surface area (Å²) < 4.78 is 6.05. The molecule has 4 aromatic rings. The highest BCUT2D eigenvalue weighted by molar-refractivity contribution is 5.97. The monoisotopic (exact) mass is 454 g/mol. The molecule has 8 nitrogen and oxygen atoms in total. The summed E-state index contributed by atoms with van der Waals surface area (Å²) in [7, 11) is 0. The normalized spacial score (nSPS) is 18.1. The molecule has 2 aliphatic rings. The maximum Gasteiger partial charge on any atom is 0.251 e. The van der Waals surface area contributed by atoms with Crippen LogP contribution < -0.4 is 15.4 Å². The van der Waals surface area contributed by atoms with Crippen LogP contribution in [0.1, 0.15) is 36.0 Å². The van der Waals surface area contributed by atoms with Crippen LogP contribution in [0.15, 0.2) is 54.9 Å². The summed E-state index contributed by atoms with van der Waals surface area (Å²) in [6.45, 7) is 1.85. The number of fused-ring (bicyclic) bond motifs is 1. The lowest BCUT2D eigenvalue weighted by Crippen LogP contribution is -2.37. The number of H-pyrrole nitrogens is 1. The van der Waals surface area contributed by atoms with Gasteiger partial charge >= 0.3 is 0 Å². The van der Waals surface area contributed by atoms with Gasteiger partial charge in [0.05, 0.1) is 17.9 Å². The zero-order chi connectivity index (χ0) is 22.9. The van der Waals surface area contributed by atoms with E-state index in [9.17, 15) is 4.79 Å².